The second kappa shape index (κ2) is 6.24. The van der Waals surface area contributed by atoms with Crippen molar-refractivity contribution in [3.05, 3.63) is 5.92 Å². The van der Waals surface area contributed by atoms with Gasteiger partial charge in [-0.3, -0.25) is 4.90 Å². The zero-order chi connectivity index (χ0) is 8.69. The molecule has 0 amide bonds. The first-order valence-corrected chi connectivity index (χ1v) is 4.22. The number of rotatable bonds is 3. The highest BCUT2D eigenvalue weighted by Crippen LogP contribution is 1.90. The minimum Gasteiger partial charge on any atom is -0.293 e. The molecule has 0 aromatic carbocycles. The van der Waals surface area contributed by atoms with Crippen molar-refractivity contribution in [3.63, 3.8) is 0 Å². The lowest BCUT2D eigenvalue weighted by Gasteiger charge is -2.13. The average molecular weight is 152 g/mol. The summed E-state index contributed by atoms with van der Waals surface area (Å²) in [6.45, 7) is 11.5. The van der Waals surface area contributed by atoms with E-state index in [0.717, 1.165) is 19.6 Å². The van der Waals surface area contributed by atoms with Gasteiger partial charge in [-0.1, -0.05) is 25.7 Å². The SMILES string of the molecule is CCN(CC)CC#C[C](C)C. The van der Waals surface area contributed by atoms with Crippen LogP contribution in [0.2, 0.25) is 0 Å². The van der Waals surface area contributed by atoms with E-state index < -0.39 is 0 Å². The van der Waals surface area contributed by atoms with Crippen LogP contribution >= 0.6 is 0 Å². The fourth-order valence-corrected chi connectivity index (χ4v) is 0.775. The van der Waals surface area contributed by atoms with Crippen LogP contribution < -0.4 is 0 Å². The summed E-state index contributed by atoms with van der Waals surface area (Å²) < 4.78 is 0. The van der Waals surface area contributed by atoms with E-state index in [1.807, 2.05) is 13.8 Å². The average Bonchev–Trinajstić information content (AvgIpc) is 1.98. The lowest BCUT2D eigenvalue weighted by atomic mass is 10.2. The van der Waals surface area contributed by atoms with E-state index >= 15 is 0 Å². The Kier molecular flexibility index (Phi) is 5.97. The topological polar surface area (TPSA) is 3.24 Å². The predicted molar refractivity (Wildman–Crippen MR) is 50.2 cm³/mol. The van der Waals surface area contributed by atoms with Gasteiger partial charge in [-0.05, 0) is 26.9 Å². The van der Waals surface area contributed by atoms with Gasteiger partial charge in [-0.25, -0.2) is 0 Å². The van der Waals surface area contributed by atoms with E-state index in [9.17, 15) is 0 Å². The summed E-state index contributed by atoms with van der Waals surface area (Å²) in [6, 6.07) is 0. The third-order valence-electron chi connectivity index (χ3n) is 1.54. The van der Waals surface area contributed by atoms with E-state index in [-0.39, 0.29) is 0 Å². The molecule has 0 aliphatic heterocycles. The van der Waals surface area contributed by atoms with Crippen LogP contribution in [0.3, 0.4) is 0 Å². The summed E-state index contributed by atoms with van der Waals surface area (Å²) in [5.74, 6) is 7.39. The molecule has 0 aliphatic carbocycles. The molecule has 1 nitrogen and oxygen atoms in total. The number of nitrogens with zero attached hydrogens (tertiary/aromatic N) is 1. The molecular weight excluding hydrogens is 134 g/mol. The third-order valence-corrected chi connectivity index (χ3v) is 1.54. The second-order valence-electron chi connectivity index (χ2n) is 2.76. The lowest BCUT2D eigenvalue weighted by molar-refractivity contribution is 0.342. The Balaban J connectivity index is 3.60. The van der Waals surface area contributed by atoms with Gasteiger partial charge < -0.3 is 0 Å². The Morgan fingerprint density at radius 2 is 1.73 bits per heavy atom. The maximum absolute atomic E-state index is 3.13. The molecule has 1 heteroatoms. The van der Waals surface area contributed by atoms with Gasteiger partial charge in [0.15, 0.2) is 0 Å². The maximum Gasteiger partial charge on any atom is 0.0601 e. The minimum absolute atomic E-state index is 0.901. The Morgan fingerprint density at radius 3 is 2.09 bits per heavy atom. The number of hydrogen-bond acceptors (Lipinski definition) is 1. The highest BCUT2D eigenvalue weighted by Gasteiger charge is 1.93. The molecule has 1 radical (unpaired) electrons. The van der Waals surface area contributed by atoms with Gasteiger partial charge in [0.1, 0.15) is 0 Å². The Labute approximate surface area is 70.8 Å². The highest BCUT2D eigenvalue weighted by molar-refractivity contribution is 5.17. The van der Waals surface area contributed by atoms with Crippen LogP contribution in [-0.4, -0.2) is 24.5 Å². The van der Waals surface area contributed by atoms with Crippen LogP contribution in [0.15, 0.2) is 0 Å². The summed E-state index contributed by atoms with van der Waals surface area (Å²) in [5, 5.41) is 0. The van der Waals surface area contributed by atoms with Crippen molar-refractivity contribution in [1.82, 2.24) is 4.90 Å². The van der Waals surface area contributed by atoms with Crippen molar-refractivity contribution in [2.24, 2.45) is 0 Å². The minimum atomic E-state index is 0.901. The number of hydrogen-bond donors (Lipinski definition) is 0. The summed E-state index contributed by atoms with van der Waals surface area (Å²) in [4.78, 5) is 2.30. The fourth-order valence-electron chi connectivity index (χ4n) is 0.775. The predicted octanol–water partition coefficient (Wildman–Crippen LogP) is 1.95. The highest BCUT2D eigenvalue weighted by atomic mass is 15.1. The molecule has 0 saturated heterocycles. The van der Waals surface area contributed by atoms with E-state index in [1.165, 1.54) is 5.92 Å². The van der Waals surface area contributed by atoms with Crippen molar-refractivity contribution in [1.29, 1.82) is 0 Å². The van der Waals surface area contributed by atoms with Crippen molar-refractivity contribution >= 4 is 0 Å². The molecule has 11 heavy (non-hydrogen) atoms. The zero-order valence-corrected chi connectivity index (χ0v) is 8.07. The third kappa shape index (κ3) is 5.94. The molecule has 0 fully saturated rings. The van der Waals surface area contributed by atoms with Crippen LogP contribution in [0.1, 0.15) is 27.7 Å². The molecule has 0 rings (SSSR count). The Hall–Kier alpha value is -0.480. The largest absolute Gasteiger partial charge is 0.293 e. The normalized spacial score (nSPS) is 10.0. The molecule has 0 N–H and O–H groups in total. The van der Waals surface area contributed by atoms with Gasteiger partial charge in [0.2, 0.25) is 0 Å². The summed E-state index contributed by atoms with van der Waals surface area (Å²) in [6.07, 6.45) is 0. The van der Waals surface area contributed by atoms with Crippen molar-refractivity contribution in [2.45, 2.75) is 27.7 Å². The van der Waals surface area contributed by atoms with Gasteiger partial charge in [0, 0.05) is 5.92 Å². The van der Waals surface area contributed by atoms with Crippen LogP contribution in [0.25, 0.3) is 0 Å². The molecule has 0 unspecified atom stereocenters. The molecular formula is C10H18N. The van der Waals surface area contributed by atoms with Crippen molar-refractivity contribution < 1.29 is 0 Å². The quantitative estimate of drug-likeness (QED) is 0.559. The first kappa shape index (κ1) is 10.5. The van der Waals surface area contributed by atoms with Gasteiger partial charge >= 0.3 is 0 Å². The smallest absolute Gasteiger partial charge is 0.0601 e. The van der Waals surface area contributed by atoms with Gasteiger partial charge in [0.25, 0.3) is 0 Å². The standard InChI is InChI=1S/C10H18N/c1-5-11(6-2)9-7-8-10(3)4/h5-6,9H2,1-4H3. The van der Waals surface area contributed by atoms with E-state index in [2.05, 4.69) is 30.6 Å². The monoisotopic (exact) mass is 152 g/mol. The summed E-state index contributed by atoms with van der Waals surface area (Å²) in [5.41, 5.74) is 0. The molecule has 0 aliphatic rings. The molecule has 0 bridgehead atoms. The van der Waals surface area contributed by atoms with Crippen LogP contribution in [-0.2, 0) is 0 Å². The second-order valence-corrected chi connectivity index (χ2v) is 2.76. The molecule has 0 spiro atoms. The molecule has 63 valence electrons. The molecule has 0 saturated carbocycles. The lowest BCUT2D eigenvalue weighted by Crippen LogP contribution is -2.22. The molecule has 0 heterocycles. The van der Waals surface area contributed by atoms with Crippen LogP contribution in [0, 0.1) is 17.8 Å². The molecule has 0 aromatic rings. The van der Waals surface area contributed by atoms with Crippen LogP contribution in [0.5, 0.6) is 0 Å². The van der Waals surface area contributed by atoms with Crippen LogP contribution in [0.4, 0.5) is 0 Å². The summed E-state index contributed by atoms with van der Waals surface area (Å²) >= 11 is 0. The zero-order valence-electron chi connectivity index (χ0n) is 8.07. The van der Waals surface area contributed by atoms with Crippen molar-refractivity contribution in [2.75, 3.05) is 19.6 Å². The van der Waals surface area contributed by atoms with Gasteiger partial charge in [-0.2, -0.15) is 0 Å². The first-order valence-electron chi connectivity index (χ1n) is 4.22. The van der Waals surface area contributed by atoms with Gasteiger partial charge in [0.05, 0.1) is 6.54 Å². The molecule has 0 aromatic heterocycles. The first-order chi connectivity index (χ1) is 5.20. The van der Waals surface area contributed by atoms with Gasteiger partial charge in [-0.15, -0.1) is 0 Å². The fraction of sp³-hybridized carbons (Fsp3) is 0.700. The molecule has 0 atom stereocenters. The maximum atomic E-state index is 3.13. The Morgan fingerprint density at radius 1 is 1.18 bits per heavy atom. The summed E-state index contributed by atoms with van der Waals surface area (Å²) in [7, 11) is 0. The van der Waals surface area contributed by atoms with Crippen molar-refractivity contribution in [3.8, 4) is 11.8 Å². The van der Waals surface area contributed by atoms with E-state index in [4.69, 9.17) is 0 Å². The van der Waals surface area contributed by atoms with E-state index in [1.54, 1.807) is 0 Å². The van der Waals surface area contributed by atoms with E-state index in [0.29, 0.717) is 0 Å². The Bertz CT molecular complexity index is 135.